The summed E-state index contributed by atoms with van der Waals surface area (Å²) in [5.41, 5.74) is 8.12. The minimum atomic E-state index is -0.0382. The molecule has 3 amide bonds. The molecule has 1 saturated heterocycles. The Kier molecular flexibility index (Phi) is 5.85. The second-order valence-electron chi connectivity index (χ2n) is 8.74. The molecule has 2 unspecified atom stereocenters. The summed E-state index contributed by atoms with van der Waals surface area (Å²) >= 11 is 0. The van der Waals surface area contributed by atoms with Crippen LogP contribution in [0.3, 0.4) is 0 Å². The number of nitrogens with zero attached hydrogens (tertiary/aromatic N) is 1. The summed E-state index contributed by atoms with van der Waals surface area (Å²) in [6, 6.07) is 7.99. The van der Waals surface area contributed by atoms with Crippen LogP contribution in [0.15, 0.2) is 24.3 Å². The topological polar surface area (TPSA) is 87.5 Å². The second-order valence-corrected chi connectivity index (χ2v) is 8.74. The minimum Gasteiger partial charge on any atom is -0.352 e. The predicted octanol–water partition coefficient (Wildman–Crippen LogP) is 3.08. The van der Waals surface area contributed by atoms with Crippen molar-refractivity contribution in [1.82, 2.24) is 10.2 Å². The number of hydrogen-bond donors (Lipinski definition) is 3. The highest BCUT2D eigenvalue weighted by molar-refractivity contribution is 5.89. The van der Waals surface area contributed by atoms with Crippen molar-refractivity contribution in [2.24, 2.45) is 23.5 Å². The maximum Gasteiger partial charge on any atom is 0.321 e. The fourth-order valence-electron chi connectivity index (χ4n) is 5.22. The fraction of sp³-hybridized carbons (Fsp3) is 0.636. The molecule has 2 atom stereocenters. The molecular weight excluding hydrogens is 352 g/mol. The number of carbonyl (C=O) groups excluding carboxylic acids is 2. The molecule has 0 radical (unpaired) electrons. The molecule has 2 bridgehead atoms. The normalized spacial score (nSPS) is 29.4. The van der Waals surface area contributed by atoms with Gasteiger partial charge in [-0.15, -0.1) is 0 Å². The highest BCUT2D eigenvalue weighted by Crippen LogP contribution is 2.41. The molecule has 1 aromatic rings. The van der Waals surface area contributed by atoms with Crippen LogP contribution in [0.1, 0.15) is 50.5 Å². The monoisotopic (exact) mass is 384 g/mol. The summed E-state index contributed by atoms with van der Waals surface area (Å²) in [5.74, 6) is 1.25. The van der Waals surface area contributed by atoms with E-state index in [0.717, 1.165) is 50.0 Å². The first-order chi connectivity index (χ1) is 13.6. The Bertz CT molecular complexity index is 702. The Hall–Kier alpha value is -2.08. The predicted molar refractivity (Wildman–Crippen MR) is 110 cm³/mol. The lowest BCUT2D eigenvalue weighted by atomic mass is 9.65. The molecular formula is C22H32N4O2. The van der Waals surface area contributed by atoms with Crippen molar-refractivity contribution < 1.29 is 9.59 Å². The maximum absolute atomic E-state index is 12.7. The third-order valence-corrected chi connectivity index (χ3v) is 6.82. The largest absolute Gasteiger partial charge is 0.352 e. The number of urea groups is 1. The molecule has 1 aliphatic heterocycles. The van der Waals surface area contributed by atoms with Crippen LogP contribution in [0.5, 0.6) is 0 Å². The Balaban J connectivity index is 1.30. The molecule has 6 nitrogen and oxygen atoms in total. The quantitative estimate of drug-likeness (QED) is 0.745. The number of carbonyl (C=O) groups is 2. The summed E-state index contributed by atoms with van der Waals surface area (Å²) in [4.78, 5) is 26.8. The van der Waals surface area contributed by atoms with Gasteiger partial charge in [-0.3, -0.25) is 4.79 Å². The number of nitrogens with one attached hydrogen (secondary N) is 2. The number of hydrogen-bond acceptors (Lipinski definition) is 3. The molecule has 0 spiro atoms. The number of amides is 3. The second kappa shape index (κ2) is 8.52. The van der Waals surface area contributed by atoms with Crippen LogP contribution >= 0.6 is 0 Å². The first-order valence-electron chi connectivity index (χ1n) is 10.8. The molecule has 28 heavy (non-hydrogen) atoms. The lowest BCUT2D eigenvalue weighted by Gasteiger charge is -2.43. The first-order valence-corrected chi connectivity index (χ1v) is 10.8. The van der Waals surface area contributed by atoms with E-state index in [1.165, 1.54) is 19.3 Å². The number of fused-ring (bicyclic) bond motifs is 2. The molecule has 1 aromatic carbocycles. The Labute approximate surface area is 167 Å². The molecule has 4 N–H and O–H groups in total. The van der Waals surface area contributed by atoms with Gasteiger partial charge in [-0.05, 0) is 68.1 Å². The summed E-state index contributed by atoms with van der Waals surface area (Å²) in [6.45, 7) is 2.15. The Morgan fingerprint density at radius 1 is 1.07 bits per heavy atom. The zero-order valence-electron chi connectivity index (χ0n) is 16.5. The van der Waals surface area contributed by atoms with E-state index in [-0.39, 0.29) is 23.9 Å². The molecule has 1 heterocycles. The zero-order valence-corrected chi connectivity index (χ0v) is 16.5. The Morgan fingerprint density at radius 2 is 1.79 bits per heavy atom. The molecule has 2 saturated carbocycles. The standard InChI is InChI=1S/C22H32N4O2/c23-20-16-6-4-7-17(20)13-18(12-16)21(27)24-14-15-5-3-8-19(11-15)25-22(28)26-9-1-2-10-26/h3,5,8,11,16-18,20H,1-2,4,6-7,9-10,12-14,23H2,(H,24,27)(H,25,28). The molecule has 3 aliphatic rings. The number of anilines is 1. The van der Waals surface area contributed by atoms with Crippen molar-refractivity contribution in [3.8, 4) is 0 Å². The SMILES string of the molecule is NC1C2CCCC1CC(C(=O)NCc1cccc(NC(=O)N3CCCC3)c1)C2. The van der Waals surface area contributed by atoms with E-state index in [2.05, 4.69) is 10.6 Å². The Morgan fingerprint density at radius 3 is 2.50 bits per heavy atom. The van der Waals surface area contributed by atoms with Gasteiger partial charge in [0.25, 0.3) is 0 Å². The van der Waals surface area contributed by atoms with Gasteiger partial charge in [-0.2, -0.15) is 0 Å². The number of likely N-dealkylation sites (tertiary alicyclic amines) is 1. The average Bonchev–Trinajstić information content (AvgIpc) is 3.21. The highest BCUT2D eigenvalue weighted by atomic mass is 16.2. The maximum atomic E-state index is 12.7. The van der Waals surface area contributed by atoms with Gasteiger partial charge in [-0.1, -0.05) is 18.6 Å². The van der Waals surface area contributed by atoms with Crippen molar-refractivity contribution >= 4 is 17.6 Å². The van der Waals surface area contributed by atoms with E-state index in [4.69, 9.17) is 5.73 Å². The summed E-state index contributed by atoms with van der Waals surface area (Å²) in [6.07, 6.45) is 7.60. The van der Waals surface area contributed by atoms with Crippen LogP contribution in [-0.4, -0.2) is 36.0 Å². The third-order valence-electron chi connectivity index (χ3n) is 6.82. The van der Waals surface area contributed by atoms with Gasteiger partial charge in [0.15, 0.2) is 0 Å². The van der Waals surface area contributed by atoms with Gasteiger partial charge in [0.2, 0.25) is 5.91 Å². The molecule has 3 fully saturated rings. The zero-order chi connectivity index (χ0) is 19.5. The fourth-order valence-corrected chi connectivity index (χ4v) is 5.22. The molecule has 0 aromatic heterocycles. The van der Waals surface area contributed by atoms with Gasteiger partial charge < -0.3 is 21.3 Å². The minimum absolute atomic E-state index is 0.0382. The van der Waals surface area contributed by atoms with Gasteiger partial charge >= 0.3 is 6.03 Å². The van der Waals surface area contributed by atoms with Crippen LogP contribution in [0.25, 0.3) is 0 Å². The van der Waals surface area contributed by atoms with Crippen molar-refractivity contribution in [1.29, 1.82) is 0 Å². The summed E-state index contributed by atoms with van der Waals surface area (Å²) < 4.78 is 0. The van der Waals surface area contributed by atoms with Crippen LogP contribution in [0, 0.1) is 17.8 Å². The van der Waals surface area contributed by atoms with Crippen LogP contribution in [0.4, 0.5) is 10.5 Å². The summed E-state index contributed by atoms with van der Waals surface area (Å²) in [5, 5.41) is 6.07. The molecule has 4 rings (SSSR count). The van der Waals surface area contributed by atoms with Crippen LogP contribution < -0.4 is 16.4 Å². The average molecular weight is 385 g/mol. The van der Waals surface area contributed by atoms with Gasteiger partial charge in [0.1, 0.15) is 0 Å². The van der Waals surface area contributed by atoms with E-state index in [0.29, 0.717) is 18.4 Å². The van der Waals surface area contributed by atoms with Crippen molar-refractivity contribution in [3.63, 3.8) is 0 Å². The first kappa shape index (κ1) is 19.2. The number of nitrogens with two attached hydrogens (primary N) is 1. The molecule has 6 heteroatoms. The molecule has 152 valence electrons. The smallest absolute Gasteiger partial charge is 0.321 e. The van der Waals surface area contributed by atoms with Crippen molar-refractivity contribution in [2.45, 2.75) is 57.5 Å². The van der Waals surface area contributed by atoms with E-state index in [9.17, 15) is 9.59 Å². The lowest BCUT2D eigenvalue weighted by molar-refractivity contribution is -0.128. The van der Waals surface area contributed by atoms with Gasteiger partial charge in [0.05, 0.1) is 0 Å². The van der Waals surface area contributed by atoms with Gasteiger partial charge in [-0.25, -0.2) is 4.79 Å². The van der Waals surface area contributed by atoms with E-state index in [1.807, 2.05) is 29.2 Å². The number of rotatable bonds is 4. The van der Waals surface area contributed by atoms with Crippen molar-refractivity contribution in [3.05, 3.63) is 29.8 Å². The highest BCUT2D eigenvalue weighted by Gasteiger charge is 2.40. The van der Waals surface area contributed by atoms with Crippen LogP contribution in [0.2, 0.25) is 0 Å². The van der Waals surface area contributed by atoms with Crippen molar-refractivity contribution in [2.75, 3.05) is 18.4 Å². The third kappa shape index (κ3) is 4.32. The summed E-state index contributed by atoms with van der Waals surface area (Å²) in [7, 11) is 0. The van der Waals surface area contributed by atoms with Crippen LogP contribution in [-0.2, 0) is 11.3 Å². The van der Waals surface area contributed by atoms with E-state index >= 15 is 0 Å². The number of benzene rings is 1. The lowest BCUT2D eigenvalue weighted by Crippen LogP contribution is -2.49. The molecule has 2 aliphatic carbocycles. The van der Waals surface area contributed by atoms with Gasteiger partial charge in [0, 0.05) is 37.3 Å². The van der Waals surface area contributed by atoms with E-state index in [1.54, 1.807) is 0 Å². The van der Waals surface area contributed by atoms with E-state index < -0.39 is 0 Å².